The SMILES string of the molecule is COc1ccc(C(=O)CCC(=O)c2ccc(OC)c(-c3ccc4ccn(C)c4c3)n2)cc1OC. The Morgan fingerprint density at radius 1 is 0.794 bits per heavy atom. The summed E-state index contributed by atoms with van der Waals surface area (Å²) >= 11 is 0. The average molecular weight is 459 g/mol. The predicted molar refractivity (Wildman–Crippen MR) is 130 cm³/mol. The Balaban J connectivity index is 1.54. The zero-order valence-corrected chi connectivity index (χ0v) is 19.6. The number of aromatic nitrogens is 2. The van der Waals surface area contributed by atoms with Gasteiger partial charge in [0.1, 0.15) is 17.1 Å². The first kappa shape index (κ1) is 23.0. The van der Waals surface area contributed by atoms with Crippen molar-refractivity contribution in [3.8, 4) is 28.5 Å². The molecule has 0 aliphatic carbocycles. The van der Waals surface area contributed by atoms with Crippen molar-refractivity contribution in [1.82, 2.24) is 9.55 Å². The quantitative estimate of drug-likeness (QED) is 0.324. The van der Waals surface area contributed by atoms with Crippen molar-refractivity contribution in [1.29, 1.82) is 0 Å². The Bertz CT molecular complexity index is 1370. The molecule has 0 saturated heterocycles. The molecule has 2 aromatic heterocycles. The van der Waals surface area contributed by atoms with E-state index in [0.717, 1.165) is 16.5 Å². The van der Waals surface area contributed by atoms with Crippen LogP contribution >= 0.6 is 0 Å². The Hall–Kier alpha value is -4.13. The van der Waals surface area contributed by atoms with E-state index in [1.165, 1.54) is 14.2 Å². The molecule has 0 radical (unpaired) electrons. The predicted octanol–water partition coefficient (Wildman–Crippen LogP) is 5.11. The fraction of sp³-hybridized carbons (Fsp3) is 0.222. The van der Waals surface area contributed by atoms with Gasteiger partial charge in [-0.2, -0.15) is 0 Å². The number of aryl methyl sites for hydroxylation is 1. The Kier molecular flexibility index (Phi) is 6.63. The maximum atomic E-state index is 12.9. The van der Waals surface area contributed by atoms with Crippen molar-refractivity contribution in [2.45, 2.75) is 12.8 Å². The van der Waals surface area contributed by atoms with Crippen molar-refractivity contribution < 1.29 is 23.8 Å². The van der Waals surface area contributed by atoms with Crippen molar-refractivity contribution in [3.05, 3.63) is 72.1 Å². The molecule has 0 spiro atoms. The normalized spacial score (nSPS) is 10.8. The molecule has 34 heavy (non-hydrogen) atoms. The molecule has 0 atom stereocenters. The molecular weight excluding hydrogens is 432 g/mol. The number of carbonyl (C=O) groups is 2. The molecule has 0 N–H and O–H groups in total. The van der Waals surface area contributed by atoms with E-state index in [9.17, 15) is 9.59 Å². The molecule has 7 heteroatoms. The van der Waals surface area contributed by atoms with E-state index >= 15 is 0 Å². The first-order valence-electron chi connectivity index (χ1n) is 10.8. The van der Waals surface area contributed by atoms with Crippen molar-refractivity contribution in [2.75, 3.05) is 21.3 Å². The summed E-state index contributed by atoms with van der Waals surface area (Å²) in [5.41, 5.74) is 3.25. The molecule has 7 nitrogen and oxygen atoms in total. The van der Waals surface area contributed by atoms with Gasteiger partial charge in [-0.05, 0) is 47.9 Å². The van der Waals surface area contributed by atoms with E-state index in [1.54, 1.807) is 37.4 Å². The van der Waals surface area contributed by atoms with Crippen LogP contribution < -0.4 is 14.2 Å². The van der Waals surface area contributed by atoms with Gasteiger partial charge in [-0.3, -0.25) is 9.59 Å². The van der Waals surface area contributed by atoms with Gasteiger partial charge in [0, 0.05) is 42.7 Å². The minimum Gasteiger partial charge on any atom is -0.494 e. The molecule has 0 unspecified atom stereocenters. The summed E-state index contributed by atoms with van der Waals surface area (Å²) in [5, 5.41) is 1.12. The minimum atomic E-state index is -0.210. The van der Waals surface area contributed by atoms with Crippen LogP contribution in [0.25, 0.3) is 22.2 Å². The van der Waals surface area contributed by atoms with Crippen molar-refractivity contribution in [2.24, 2.45) is 7.05 Å². The van der Waals surface area contributed by atoms with Crippen LogP contribution in [0.5, 0.6) is 17.2 Å². The van der Waals surface area contributed by atoms with Crippen LogP contribution in [0.1, 0.15) is 33.7 Å². The summed E-state index contributed by atoms with van der Waals surface area (Å²) in [6.45, 7) is 0. The molecule has 4 rings (SSSR count). The largest absolute Gasteiger partial charge is 0.494 e. The highest BCUT2D eigenvalue weighted by molar-refractivity contribution is 6.02. The molecule has 2 aromatic carbocycles. The van der Waals surface area contributed by atoms with Gasteiger partial charge in [-0.15, -0.1) is 0 Å². The van der Waals surface area contributed by atoms with Crippen LogP contribution in [0.4, 0.5) is 0 Å². The monoisotopic (exact) mass is 458 g/mol. The molecular formula is C27H26N2O5. The van der Waals surface area contributed by atoms with Crippen LogP contribution in [0.15, 0.2) is 60.8 Å². The standard InChI is InChI=1S/C27H26N2O5/c1-29-14-13-17-5-6-19(15-21(17)29)27-25(33-3)12-8-20(28-27)23(31)10-9-22(30)18-7-11-24(32-2)26(16-18)34-4/h5-8,11-16H,9-10H2,1-4H3. The maximum Gasteiger partial charge on any atom is 0.181 e. The summed E-state index contributed by atoms with van der Waals surface area (Å²) in [4.78, 5) is 30.2. The first-order valence-corrected chi connectivity index (χ1v) is 10.8. The van der Waals surface area contributed by atoms with Crippen LogP contribution in [-0.2, 0) is 7.05 Å². The van der Waals surface area contributed by atoms with E-state index in [-0.39, 0.29) is 24.4 Å². The fourth-order valence-electron chi connectivity index (χ4n) is 3.89. The molecule has 4 aromatic rings. The van der Waals surface area contributed by atoms with Crippen LogP contribution in [0.2, 0.25) is 0 Å². The molecule has 0 fully saturated rings. The highest BCUT2D eigenvalue weighted by atomic mass is 16.5. The zero-order chi connectivity index (χ0) is 24.2. The number of ether oxygens (including phenoxy) is 3. The summed E-state index contributed by atoms with van der Waals surface area (Å²) in [5.74, 6) is 1.22. The molecule has 0 aliphatic heterocycles. The van der Waals surface area contributed by atoms with Gasteiger partial charge in [0.25, 0.3) is 0 Å². The second-order valence-corrected chi connectivity index (χ2v) is 7.86. The number of hydrogen-bond donors (Lipinski definition) is 0. The van der Waals surface area contributed by atoms with Crippen LogP contribution in [0.3, 0.4) is 0 Å². The third kappa shape index (κ3) is 4.50. The van der Waals surface area contributed by atoms with E-state index < -0.39 is 0 Å². The molecule has 0 amide bonds. The van der Waals surface area contributed by atoms with Gasteiger partial charge in [-0.1, -0.05) is 12.1 Å². The number of Topliss-reactive ketones (excluding diaryl/α,β-unsaturated/α-hetero) is 2. The van der Waals surface area contributed by atoms with Gasteiger partial charge in [-0.25, -0.2) is 4.98 Å². The van der Waals surface area contributed by atoms with E-state index in [4.69, 9.17) is 14.2 Å². The summed E-state index contributed by atoms with van der Waals surface area (Å²) in [6, 6.07) is 16.4. The third-order valence-corrected chi connectivity index (χ3v) is 5.81. The lowest BCUT2D eigenvalue weighted by Crippen LogP contribution is -2.08. The van der Waals surface area contributed by atoms with Crippen LogP contribution in [0, 0.1) is 0 Å². The van der Waals surface area contributed by atoms with E-state index in [0.29, 0.717) is 34.2 Å². The van der Waals surface area contributed by atoms with Gasteiger partial charge in [0.05, 0.1) is 21.3 Å². The fourth-order valence-corrected chi connectivity index (χ4v) is 3.89. The molecule has 174 valence electrons. The minimum absolute atomic E-state index is 0.0444. The lowest BCUT2D eigenvalue weighted by Gasteiger charge is -2.11. The Morgan fingerprint density at radius 3 is 2.24 bits per heavy atom. The maximum absolute atomic E-state index is 12.9. The highest BCUT2D eigenvalue weighted by Gasteiger charge is 2.17. The number of methoxy groups -OCH3 is 3. The number of fused-ring (bicyclic) bond motifs is 1. The van der Waals surface area contributed by atoms with Gasteiger partial charge in [0.2, 0.25) is 0 Å². The van der Waals surface area contributed by atoms with Gasteiger partial charge in [0.15, 0.2) is 23.1 Å². The number of pyridine rings is 1. The second kappa shape index (κ2) is 9.79. The third-order valence-electron chi connectivity index (χ3n) is 5.81. The number of ketones is 2. The average Bonchev–Trinajstić information content (AvgIpc) is 3.25. The summed E-state index contributed by atoms with van der Waals surface area (Å²) in [7, 11) is 6.60. The highest BCUT2D eigenvalue weighted by Crippen LogP contribution is 2.31. The van der Waals surface area contributed by atoms with E-state index in [2.05, 4.69) is 4.98 Å². The van der Waals surface area contributed by atoms with Crippen molar-refractivity contribution >= 4 is 22.5 Å². The molecule has 0 bridgehead atoms. The number of benzene rings is 2. The van der Waals surface area contributed by atoms with Crippen LogP contribution in [-0.4, -0.2) is 42.4 Å². The lowest BCUT2D eigenvalue weighted by atomic mass is 10.0. The number of rotatable bonds is 9. The lowest BCUT2D eigenvalue weighted by molar-refractivity contribution is 0.0915. The molecule has 0 aliphatic rings. The summed E-state index contributed by atoms with van der Waals surface area (Å²) < 4.78 is 18.0. The molecule has 0 saturated carbocycles. The Morgan fingerprint density at radius 2 is 1.50 bits per heavy atom. The first-order chi connectivity index (χ1) is 16.4. The zero-order valence-electron chi connectivity index (χ0n) is 19.6. The number of nitrogens with zero attached hydrogens (tertiary/aromatic N) is 2. The summed E-state index contributed by atoms with van der Waals surface area (Å²) in [6.07, 6.45) is 2.10. The Labute approximate surface area is 197 Å². The van der Waals surface area contributed by atoms with Gasteiger partial charge >= 0.3 is 0 Å². The van der Waals surface area contributed by atoms with Gasteiger partial charge < -0.3 is 18.8 Å². The number of carbonyl (C=O) groups excluding carboxylic acids is 2. The van der Waals surface area contributed by atoms with Crippen molar-refractivity contribution in [3.63, 3.8) is 0 Å². The second-order valence-electron chi connectivity index (χ2n) is 7.86. The smallest absolute Gasteiger partial charge is 0.181 e. The van der Waals surface area contributed by atoms with E-state index in [1.807, 2.05) is 42.1 Å². The number of hydrogen-bond acceptors (Lipinski definition) is 6. The topological polar surface area (TPSA) is 79.7 Å². The molecule has 2 heterocycles.